The van der Waals surface area contributed by atoms with Gasteiger partial charge in [-0.2, -0.15) is 0 Å². The summed E-state index contributed by atoms with van der Waals surface area (Å²) in [4.78, 5) is 0. The minimum Gasteiger partial charge on any atom is -0.368 e. The van der Waals surface area contributed by atoms with E-state index >= 15 is 0 Å². The van der Waals surface area contributed by atoms with Crippen LogP contribution in [0, 0.1) is 0 Å². The summed E-state index contributed by atoms with van der Waals surface area (Å²) in [7, 11) is 0. The first-order valence-electron chi connectivity index (χ1n) is 5.52. The van der Waals surface area contributed by atoms with E-state index in [2.05, 4.69) is 43.3 Å². The summed E-state index contributed by atoms with van der Waals surface area (Å²) in [6, 6.07) is 13.0. The van der Waals surface area contributed by atoms with E-state index in [9.17, 15) is 0 Å². The lowest BCUT2D eigenvalue weighted by atomic mass is 9.95. The van der Waals surface area contributed by atoms with Crippen LogP contribution in [0.2, 0.25) is 0 Å². The van der Waals surface area contributed by atoms with E-state index in [-0.39, 0.29) is 0 Å². The maximum absolute atomic E-state index is 5.39. The van der Waals surface area contributed by atoms with E-state index in [1.165, 1.54) is 21.9 Å². The predicted octanol–water partition coefficient (Wildman–Crippen LogP) is 3.47. The standard InChI is InChI=1S/C14H14O/c1-2-11-12-6-4-3-5-10(12)7-8-13(11)14-9-15-14/h3-8,14H,2,9H2,1H3. The first-order chi connectivity index (χ1) is 7.40. The monoisotopic (exact) mass is 198 g/mol. The van der Waals surface area contributed by atoms with Crippen molar-refractivity contribution in [1.29, 1.82) is 0 Å². The lowest BCUT2D eigenvalue weighted by Crippen LogP contribution is -1.92. The van der Waals surface area contributed by atoms with E-state index < -0.39 is 0 Å². The van der Waals surface area contributed by atoms with Gasteiger partial charge in [0.2, 0.25) is 0 Å². The highest BCUT2D eigenvalue weighted by Crippen LogP contribution is 2.35. The average molecular weight is 198 g/mol. The molecule has 1 unspecified atom stereocenters. The van der Waals surface area contributed by atoms with Crippen molar-refractivity contribution in [2.24, 2.45) is 0 Å². The van der Waals surface area contributed by atoms with Crippen LogP contribution in [-0.2, 0) is 11.2 Å². The molecular weight excluding hydrogens is 184 g/mol. The van der Waals surface area contributed by atoms with E-state index in [0.29, 0.717) is 6.10 Å². The van der Waals surface area contributed by atoms with Gasteiger partial charge in [-0.25, -0.2) is 0 Å². The third kappa shape index (κ3) is 1.44. The van der Waals surface area contributed by atoms with E-state index in [4.69, 9.17) is 4.74 Å². The van der Waals surface area contributed by atoms with Gasteiger partial charge in [-0.05, 0) is 28.3 Å². The minimum atomic E-state index is 0.365. The van der Waals surface area contributed by atoms with Crippen LogP contribution in [0.15, 0.2) is 36.4 Å². The molecule has 0 amide bonds. The van der Waals surface area contributed by atoms with Gasteiger partial charge >= 0.3 is 0 Å². The van der Waals surface area contributed by atoms with Gasteiger partial charge in [0.15, 0.2) is 0 Å². The van der Waals surface area contributed by atoms with Crippen LogP contribution in [0.1, 0.15) is 24.2 Å². The lowest BCUT2D eigenvalue weighted by molar-refractivity contribution is 0.415. The summed E-state index contributed by atoms with van der Waals surface area (Å²) in [6.45, 7) is 3.11. The topological polar surface area (TPSA) is 12.5 Å². The van der Waals surface area contributed by atoms with Crippen LogP contribution in [0.25, 0.3) is 10.8 Å². The Labute approximate surface area is 89.7 Å². The van der Waals surface area contributed by atoms with E-state index in [1.807, 2.05) is 0 Å². The van der Waals surface area contributed by atoms with Gasteiger partial charge in [-0.1, -0.05) is 43.3 Å². The van der Waals surface area contributed by atoms with E-state index in [1.54, 1.807) is 0 Å². The summed E-state index contributed by atoms with van der Waals surface area (Å²) < 4.78 is 5.39. The quantitative estimate of drug-likeness (QED) is 0.673. The number of epoxide rings is 1. The maximum Gasteiger partial charge on any atom is 0.106 e. The molecule has 0 aromatic heterocycles. The van der Waals surface area contributed by atoms with E-state index in [0.717, 1.165) is 13.0 Å². The SMILES string of the molecule is CCc1c(C2CO2)ccc2ccccc12. The molecule has 1 heteroatoms. The molecule has 0 bridgehead atoms. The Morgan fingerprint density at radius 1 is 1.20 bits per heavy atom. The molecule has 0 spiro atoms. The Hall–Kier alpha value is -1.34. The summed E-state index contributed by atoms with van der Waals surface area (Å²) in [5.41, 5.74) is 2.84. The lowest BCUT2D eigenvalue weighted by Gasteiger charge is -2.09. The Bertz CT molecular complexity index is 498. The third-order valence-corrected chi connectivity index (χ3v) is 3.11. The third-order valence-electron chi connectivity index (χ3n) is 3.11. The van der Waals surface area contributed by atoms with Gasteiger partial charge in [-0.3, -0.25) is 0 Å². The van der Waals surface area contributed by atoms with Gasteiger partial charge in [0.25, 0.3) is 0 Å². The smallest absolute Gasteiger partial charge is 0.106 e. The Balaban J connectivity index is 2.29. The fourth-order valence-electron chi connectivity index (χ4n) is 2.28. The molecule has 0 aliphatic carbocycles. The number of fused-ring (bicyclic) bond motifs is 1. The number of hydrogen-bond donors (Lipinski definition) is 0. The highest BCUT2D eigenvalue weighted by molar-refractivity contribution is 5.87. The Kier molecular flexibility index (Phi) is 2.00. The van der Waals surface area contributed by atoms with Gasteiger partial charge in [-0.15, -0.1) is 0 Å². The van der Waals surface area contributed by atoms with Gasteiger partial charge in [0, 0.05) is 0 Å². The molecule has 1 heterocycles. The highest BCUT2D eigenvalue weighted by atomic mass is 16.6. The van der Waals surface area contributed by atoms with Crippen molar-refractivity contribution in [3.63, 3.8) is 0 Å². The zero-order valence-electron chi connectivity index (χ0n) is 8.86. The van der Waals surface area contributed by atoms with Gasteiger partial charge in [0.1, 0.15) is 6.10 Å². The molecule has 1 atom stereocenters. The number of hydrogen-bond acceptors (Lipinski definition) is 1. The Morgan fingerprint density at radius 2 is 2.00 bits per heavy atom. The van der Waals surface area contributed by atoms with Crippen molar-refractivity contribution in [2.75, 3.05) is 6.61 Å². The van der Waals surface area contributed by atoms with Gasteiger partial charge in [0.05, 0.1) is 6.61 Å². The molecule has 1 aliphatic heterocycles. The van der Waals surface area contributed by atoms with Crippen LogP contribution in [0.5, 0.6) is 0 Å². The fraction of sp³-hybridized carbons (Fsp3) is 0.286. The normalized spacial score (nSPS) is 19.4. The molecule has 1 fully saturated rings. The highest BCUT2D eigenvalue weighted by Gasteiger charge is 2.27. The maximum atomic E-state index is 5.39. The molecule has 0 N–H and O–H groups in total. The van der Waals surface area contributed by atoms with Crippen molar-refractivity contribution in [2.45, 2.75) is 19.4 Å². The molecule has 1 nitrogen and oxygen atoms in total. The fourth-order valence-corrected chi connectivity index (χ4v) is 2.28. The zero-order chi connectivity index (χ0) is 10.3. The van der Waals surface area contributed by atoms with Gasteiger partial charge < -0.3 is 4.74 Å². The second-order valence-corrected chi connectivity index (χ2v) is 4.03. The number of rotatable bonds is 2. The molecule has 0 radical (unpaired) electrons. The summed E-state index contributed by atoms with van der Waals surface area (Å²) in [5.74, 6) is 0. The summed E-state index contributed by atoms with van der Waals surface area (Å²) >= 11 is 0. The van der Waals surface area contributed by atoms with Crippen molar-refractivity contribution in [3.05, 3.63) is 47.5 Å². The summed E-state index contributed by atoms with van der Waals surface area (Å²) in [5, 5.41) is 2.71. The van der Waals surface area contributed by atoms with Crippen LogP contribution in [-0.4, -0.2) is 6.61 Å². The van der Waals surface area contributed by atoms with Crippen LogP contribution in [0.3, 0.4) is 0 Å². The van der Waals surface area contributed by atoms with Crippen molar-refractivity contribution >= 4 is 10.8 Å². The Morgan fingerprint density at radius 3 is 2.73 bits per heavy atom. The first-order valence-corrected chi connectivity index (χ1v) is 5.52. The van der Waals surface area contributed by atoms with Crippen LogP contribution >= 0.6 is 0 Å². The molecule has 3 rings (SSSR count). The minimum absolute atomic E-state index is 0.365. The number of aryl methyl sites for hydroxylation is 1. The number of benzene rings is 2. The molecule has 2 aromatic carbocycles. The van der Waals surface area contributed by atoms with Crippen molar-refractivity contribution < 1.29 is 4.74 Å². The zero-order valence-corrected chi connectivity index (χ0v) is 8.86. The summed E-state index contributed by atoms with van der Waals surface area (Å²) in [6.07, 6.45) is 1.45. The predicted molar refractivity (Wildman–Crippen MR) is 62.0 cm³/mol. The molecule has 1 aliphatic rings. The largest absolute Gasteiger partial charge is 0.368 e. The molecule has 1 saturated heterocycles. The first kappa shape index (κ1) is 8.93. The average Bonchev–Trinajstić information content (AvgIpc) is 3.11. The van der Waals surface area contributed by atoms with Crippen LogP contribution < -0.4 is 0 Å². The second-order valence-electron chi connectivity index (χ2n) is 4.03. The molecule has 0 saturated carbocycles. The molecule has 2 aromatic rings. The van der Waals surface area contributed by atoms with Crippen LogP contribution in [0.4, 0.5) is 0 Å². The van der Waals surface area contributed by atoms with Crippen molar-refractivity contribution in [3.8, 4) is 0 Å². The second kappa shape index (κ2) is 3.35. The van der Waals surface area contributed by atoms with Crippen molar-refractivity contribution in [1.82, 2.24) is 0 Å². The number of ether oxygens (including phenoxy) is 1. The molecule has 76 valence electrons. The molecular formula is C14H14O. The molecule has 15 heavy (non-hydrogen) atoms.